The zero-order valence-corrected chi connectivity index (χ0v) is 13.2. The third-order valence-corrected chi connectivity index (χ3v) is 3.26. The molecule has 1 aromatic carbocycles. The number of aromatic carboxylic acids is 1. The number of rotatable bonds is 5. The van der Waals surface area contributed by atoms with Crippen LogP contribution < -0.4 is 10.6 Å². The normalized spacial score (nSPS) is 11.1. The van der Waals surface area contributed by atoms with Crippen LogP contribution in [0.25, 0.3) is 0 Å². The van der Waals surface area contributed by atoms with E-state index in [1.807, 2.05) is 0 Å². The number of hydrogen-bond acceptors (Lipinski definition) is 4. The molecule has 0 fully saturated rings. The molecule has 2 amide bonds. The molecule has 0 aromatic heterocycles. The summed E-state index contributed by atoms with van der Waals surface area (Å²) in [5, 5.41) is 28.1. The Morgan fingerprint density at radius 1 is 1.17 bits per heavy atom. The van der Waals surface area contributed by atoms with Crippen LogP contribution in [0.5, 0.6) is 5.75 Å². The van der Waals surface area contributed by atoms with Gasteiger partial charge in [-0.2, -0.15) is 0 Å². The van der Waals surface area contributed by atoms with Gasteiger partial charge in [-0.15, -0.1) is 0 Å². The Balaban J connectivity index is 3.49. The maximum absolute atomic E-state index is 11.6. The molecule has 5 N–H and O–H groups in total. The smallest absolute Gasteiger partial charge is 0.339 e. The lowest BCUT2D eigenvalue weighted by molar-refractivity contribution is -0.136. The number of nitrogens with two attached hydrogens (primary N) is 1. The topological polar surface area (TPSA) is 141 Å². The van der Waals surface area contributed by atoms with E-state index in [0.717, 1.165) is 11.0 Å². The zero-order chi connectivity index (χ0) is 17.9. The van der Waals surface area contributed by atoms with Gasteiger partial charge in [0.1, 0.15) is 11.3 Å². The van der Waals surface area contributed by atoms with Gasteiger partial charge in [-0.05, 0) is 17.5 Å². The number of hydrogen-bond donors (Lipinski definition) is 4. The summed E-state index contributed by atoms with van der Waals surface area (Å²) in [5.41, 5.74) is 4.72. The molecule has 0 radical (unpaired) electrons. The minimum absolute atomic E-state index is 0.124. The van der Waals surface area contributed by atoms with Gasteiger partial charge in [0, 0.05) is 17.8 Å². The molecule has 0 unspecified atom stereocenters. The highest BCUT2D eigenvalue weighted by atomic mass is 16.4. The third-order valence-electron chi connectivity index (χ3n) is 3.26. The summed E-state index contributed by atoms with van der Waals surface area (Å²) in [7, 11) is 0. The van der Waals surface area contributed by atoms with Crippen molar-refractivity contribution in [2.45, 2.75) is 32.6 Å². The number of aliphatic carboxylic acids is 1. The standard InChI is InChI=1S/C15H20N2O6/c1-15(2,3)10-7-8(6-9(12(10)20)13(21)22)17(14(16)23)5-4-11(18)19/h6-7,20H,4-5H2,1-3H3,(H2,16,23)(H,18,19)(H,21,22). The molecule has 23 heavy (non-hydrogen) atoms. The van der Waals surface area contributed by atoms with E-state index in [-0.39, 0.29) is 24.2 Å². The Morgan fingerprint density at radius 3 is 2.13 bits per heavy atom. The molecule has 126 valence electrons. The SMILES string of the molecule is CC(C)(C)c1cc(N(CCC(=O)O)C(N)=O)cc(C(=O)O)c1O. The fourth-order valence-corrected chi connectivity index (χ4v) is 2.08. The van der Waals surface area contributed by atoms with Gasteiger partial charge in [-0.1, -0.05) is 20.8 Å². The molecule has 0 saturated carbocycles. The molecule has 0 atom stereocenters. The first-order chi connectivity index (χ1) is 10.4. The number of primary amides is 1. The molecule has 0 aliphatic carbocycles. The average Bonchev–Trinajstić information content (AvgIpc) is 2.37. The monoisotopic (exact) mass is 324 g/mol. The number of carbonyl (C=O) groups is 3. The minimum Gasteiger partial charge on any atom is -0.507 e. The van der Waals surface area contributed by atoms with Crippen LogP contribution in [0, 0.1) is 0 Å². The maximum Gasteiger partial charge on any atom is 0.339 e. The van der Waals surface area contributed by atoms with Gasteiger partial charge in [0.05, 0.1) is 6.42 Å². The number of carboxylic acid groups (broad SMARTS) is 2. The van der Waals surface area contributed by atoms with E-state index in [1.165, 1.54) is 6.07 Å². The number of carbonyl (C=O) groups excluding carboxylic acids is 1. The summed E-state index contributed by atoms with van der Waals surface area (Å²) in [6, 6.07) is 1.63. The van der Waals surface area contributed by atoms with Gasteiger partial charge < -0.3 is 21.1 Å². The van der Waals surface area contributed by atoms with Crippen molar-refractivity contribution in [1.29, 1.82) is 0 Å². The highest BCUT2D eigenvalue weighted by Crippen LogP contribution is 2.37. The molecule has 0 aliphatic heterocycles. The zero-order valence-electron chi connectivity index (χ0n) is 13.2. The average molecular weight is 324 g/mol. The second-order valence-corrected chi connectivity index (χ2v) is 6.08. The van der Waals surface area contributed by atoms with Gasteiger partial charge >= 0.3 is 18.0 Å². The van der Waals surface area contributed by atoms with Crippen LogP contribution in [0.4, 0.5) is 10.5 Å². The molecule has 0 bridgehead atoms. The van der Waals surface area contributed by atoms with E-state index in [4.69, 9.17) is 10.8 Å². The van der Waals surface area contributed by atoms with Crippen molar-refractivity contribution >= 4 is 23.7 Å². The lowest BCUT2D eigenvalue weighted by atomic mass is 9.84. The highest BCUT2D eigenvalue weighted by molar-refractivity contribution is 5.96. The van der Waals surface area contributed by atoms with E-state index in [1.54, 1.807) is 20.8 Å². The van der Waals surface area contributed by atoms with Crippen LogP contribution in [0.2, 0.25) is 0 Å². The first-order valence-electron chi connectivity index (χ1n) is 6.84. The van der Waals surface area contributed by atoms with E-state index in [2.05, 4.69) is 0 Å². The molecule has 8 nitrogen and oxygen atoms in total. The molecular formula is C15H20N2O6. The van der Waals surface area contributed by atoms with E-state index < -0.39 is 29.1 Å². The quantitative estimate of drug-likeness (QED) is 0.650. The molecule has 0 aliphatic rings. The second kappa shape index (κ2) is 6.55. The van der Waals surface area contributed by atoms with Crippen molar-refractivity contribution in [2.75, 3.05) is 11.4 Å². The van der Waals surface area contributed by atoms with Crippen LogP contribution in [0.15, 0.2) is 12.1 Å². The summed E-state index contributed by atoms with van der Waals surface area (Å²) in [6.45, 7) is 5.09. The van der Waals surface area contributed by atoms with Crippen molar-refractivity contribution in [3.8, 4) is 5.75 Å². The van der Waals surface area contributed by atoms with Gasteiger partial charge in [-0.3, -0.25) is 9.69 Å². The minimum atomic E-state index is -1.36. The number of anilines is 1. The molecule has 8 heteroatoms. The Kier molecular flexibility index (Phi) is 5.21. The van der Waals surface area contributed by atoms with Crippen LogP contribution in [-0.2, 0) is 10.2 Å². The summed E-state index contributed by atoms with van der Waals surface area (Å²) in [6.07, 6.45) is -0.350. The number of urea groups is 1. The lowest BCUT2D eigenvalue weighted by Gasteiger charge is -2.26. The number of amides is 2. The predicted molar refractivity (Wildman–Crippen MR) is 82.9 cm³/mol. The fraction of sp³-hybridized carbons (Fsp3) is 0.400. The maximum atomic E-state index is 11.6. The van der Waals surface area contributed by atoms with Crippen LogP contribution >= 0.6 is 0 Å². The number of aromatic hydroxyl groups is 1. The van der Waals surface area contributed by atoms with Gasteiger partial charge in [0.25, 0.3) is 0 Å². The summed E-state index contributed by atoms with van der Waals surface area (Å²) in [4.78, 5) is 34.6. The summed E-state index contributed by atoms with van der Waals surface area (Å²) >= 11 is 0. The number of nitrogens with zero attached hydrogens (tertiary/aromatic N) is 1. The Bertz CT molecular complexity index is 648. The molecule has 0 heterocycles. The number of phenols is 1. The molecule has 0 spiro atoms. The van der Waals surface area contributed by atoms with E-state index in [0.29, 0.717) is 5.56 Å². The predicted octanol–water partition coefficient (Wildman–Crippen LogP) is 1.75. The molecule has 1 aromatic rings. The first-order valence-corrected chi connectivity index (χ1v) is 6.84. The van der Waals surface area contributed by atoms with Crippen molar-refractivity contribution in [2.24, 2.45) is 5.73 Å². The van der Waals surface area contributed by atoms with Gasteiger partial charge in [-0.25, -0.2) is 9.59 Å². The van der Waals surface area contributed by atoms with Crippen molar-refractivity contribution in [3.63, 3.8) is 0 Å². The Hall–Kier alpha value is -2.77. The van der Waals surface area contributed by atoms with Crippen molar-refractivity contribution in [1.82, 2.24) is 0 Å². The molecule has 0 saturated heterocycles. The highest BCUT2D eigenvalue weighted by Gasteiger charge is 2.26. The number of carboxylic acids is 2. The summed E-state index contributed by atoms with van der Waals surface area (Å²) in [5.74, 6) is -2.88. The summed E-state index contributed by atoms with van der Waals surface area (Å²) < 4.78 is 0. The largest absolute Gasteiger partial charge is 0.507 e. The van der Waals surface area contributed by atoms with Gasteiger partial charge in [0.2, 0.25) is 0 Å². The van der Waals surface area contributed by atoms with Crippen LogP contribution in [-0.4, -0.2) is 39.8 Å². The fourth-order valence-electron chi connectivity index (χ4n) is 2.08. The second-order valence-electron chi connectivity index (χ2n) is 6.08. The van der Waals surface area contributed by atoms with Gasteiger partial charge in [0.15, 0.2) is 0 Å². The van der Waals surface area contributed by atoms with E-state index >= 15 is 0 Å². The van der Waals surface area contributed by atoms with Crippen molar-refractivity contribution < 1.29 is 29.7 Å². The lowest BCUT2D eigenvalue weighted by Crippen LogP contribution is -2.37. The van der Waals surface area contributed by atoms with E-state index in [9.17, 15) is 24.6 Å². The molecule has 1 rings (SSSR count). The van der Waals surface area contributed by atoms with Crippen molar-refractivity contribution in [3.05, 3.63) is 23.3 Å². The Labute approximate surface area is 133 Å². The number of benzene rings is 1. The third kappa shape index (κ3) is 4.35. The van der Waals surface area contributed by atoms with Crippen LogP contribution in [0.3, 0.4) is 0 Å². The van der Waals surface area contributed by atoms with Crippen LogP contribution in [0.1, 0.15) is 43.1 Å². The molecular weight excluding hydrogens is 304 g/mol. The first kappa shape index (κ1) is 18.3. The Morgan fingerprint density at radius 2 is 1.74 bits per heavy atom.